The lowest BCUT2D eigenvalue weighted by molar-refractivity contribution is 0.0554. The predicted octanol–water partition coefficient (Wildman–Crippen LogP) is 4.03. The molecular formula is C23H27NO3. The molecule has 2 aliphatic rings. The summed E-state index contributed by atoms with van der Waals surface area (Å²) >= 11 is 0. The van der Waals surface area contributed by atoms with E-state index in [1.54, 1.807) is 0 Å². The van der Waals surface area contributed by atoms with Crippen molar-refractivity contribution in [1.29, 1.82) is 0 Å². The second-order valence-electron chi connectivity index (χ2n) is 7.81. The average molecular weight is 365 g/mol. The van der Waals surface area contributed by atoms with E-state index in [1.807, 2.05) is 59.5 Å². The molecule has 142 valence electrons. The maximum atomic E-state index is 13.4. The number of ether oxygens (including phenoxy) is 1. The number of benzene rings is 2. The Labute approximate surface area is 160 Å². The van der Waals surface area contributed by atoms with Crippen LogP contribution in [-0.2, 0) is 6.61 Å². The third-order valence-corrected chi connectivity index (χ3v) is 6.46. The SMILES string of the molecule is CC[C@]1(CO)C[C@H]2CC[C@@H]1N2C(=O)c1ccccc1OCc1ccccc1. The van der Waals surface area contributed by atoms with Gasteiger partial charge < -0.3 is 14.7 Å². The van der Waals surface area contributed by atoms with Crippen LogP contribution < -0.4 is 4.74 Å². The number of para-hydroxylation sites is 1. The third kappa shape index (κ3) is 3.12. The minimum atomic E-state index is -0.140. The first-order valence-corrected chi connectivity index (χ1v) is 9.88. The third-order valence-electron chi connectivity index (χ3n) is 6.46. The van der Waals surface area contributed by atoms with Gasteiger partial charge in [-0.15, -0.1) is 0 Å². The lowest BCUT2D eigenvalue weighted by atomic mass is 9.72. The highest BCUT2D eigenvalue weighted by Gasteiger charge is 2.56. The van der Waals surface area contributed by atoms with E-state index >= 15 is 0 Å². The molecule has 0 aliphatic carbocycles. The van der Waals surface area contributed by atoms with Gasteiger partial charge in [-0.3, -0.25) is 4.79 Å². The Hall–Kier alpha value is -2.33. The van der Waals surface area contributed by atoms with E-state index in [1.165, 1.54) is 0 Å². The largest absolute Gasteiger partial charge is 0.488 e. The highest BCUT2D eigenvalue weighted by atomic mass is 16.5. The number of aliphatic hydroxyl groups is 1. The number of carbonyl (C=O) groups excluding carboxylic acids is 1. The van der Waals surface area contributed by atoms with Crippen LogP contribution in [-0.4, -0.2) is 34.6 Å². The number of carbonyl (C=O) groups is 1. The van der Waals surface area contributed by atoms with Gasteiger partial charge in [0, 0.05) is 17.5 Å². The Balaban J connectivity index is 1.56. The van der Waals surface area contributed by atoms with Crippen molar-refractivity contribution in [2.45, 2.75) is 51.3 Å². The van der Waals surface area contributed by atoms with Crippen LogP contribution >= 0.6 is 0 Å². The van der Waals surface area contributed by atoms with Crippen molar-refractivity contribution in [2.75, 3.05) is 6.61 Å². The second kappa shape index (κ2) is 7.35. The van der Waals surface area contributed by atoms with E-state index in [-0.39, 0.29) is 30.0 Å². The van der Waals surface area contributed by atoms with Crippen molar-refractivity contribution < 1.29 is 14.6 Å². The zero-order valence-corrected chi connectivity index (χ0v) is 15.8. The molecule has 1 amide bonds. The molecular weight excluding hydrogens is 338 g/mol. The van der Waals surface area contributed by atoms with Crippen molar-refractivity contribution >= 4 is 5.91 Å². The number of fused-ring (bicyclic) bond motifs is 2. The fraction of sp³-hybridized carbons (Fsp3) is 0.435. The lowest BCUT2D eigenvalue weighted by Crippen LogP contribution is -2.42. The van der Waals surface area contributed by atoms with Gasteiger partial charge in [-0.05, 0) is 43.4 Å². The molecule has 4 rings (SSSR count). The van der Waals surface area contributed by atoms with Crippen LogP contribution in [0.25, 0.3) is 0 Å². The topological polar surface area (TPSA) is 49.8 Å². The quantitative estimate of drug-likeness (QED) is 0.841. The molecule has 2 heterocycles. The summed E-state index contributed by atoms with van der Waals surface area (Å²) < 4.78 is 6.00. The summed E-state index contributed by atoms with van der Waals surface area (Å²) in [6.45, 7) is 2.71. The molecule has 0 aromatic heterocycles. The van der Waals surface area contributed by atoms with Gasteiger partial charge in [0.15, 0.2) is 0 Å². The van der Waals surface area contributed by atoms with Gasteiger partial charge in [0.1, 0.15) is 12.4 Å². The number of amides is 1. The van der Waals surface area contributed by atoms with E-state index in [0.29, 0.717) is 17.9 Å². The van der Waals surface area contributed by atoms with Crippen molar-refractivity contribution in [3.63, 3.8) is 0 Å². The number of rotatable bonds is 6. The first-order chi connectivity index (χ1) is 13.2. The Morgan fingerprint density at radius 3 is 2.59 bits per heavy atom. The standard InChI is InChI=1S/C23H27NO3/c1-2-23(16-25)14-18-12-13-21(23)24(18)22(26)19-10-6-7-11-20(19)27-15-17-8-4-3-5-9-17/h3-11,18,21,25H,2,12-16H2,1H3/t18-,21+,23-/m1/s1. The van der Waals surface area contributed by atoms with Crippen molar-refractivity contribution in [2.24, 2.45) is 5.41 Å². The molecule has 1 N–H and O–H groups in total. The Kier molecular flexibility index (Phi) is 4.92. The van der Waals surface area contributed by atoms with E-state index in [2.05, 4.69) is 6.92 Å². The highest BCUT2D eigenvalue weighted by molar-refractivity contribution is 5.97. The molecule has 0 unspecified atom stereocenters. The Morgan fingerprint density at radius 2 is 1.89 bits per heavy atom. The number of hydrogen-bond acceptors (Lipinski definition) is 3. The summed E-state index contributed by atoms with van der Waals surface area (Å²) in [5.74, 6) is 0.665. The number of hydrogen-bond donors (Lipinski definition) is 1. The van der Waals surface area contributed by atoms with Gasteiger partial charge in [0.25, 0.3) is 5.91 Å². The smallest absolute Gasteiger partial charge is 0.258 e. The van der Waals surface area contributed by atoms with Crippen molar-refractivity contribution in [3.05, 3.63) is 65.7 Å². The van der Waals surface area contributed by atoms with Gasteiger partial charge in [-0.25, -0.2) is 0 Å². The summed E-state index contributed by atoms with van der Waals surface area (Å²) in [5, 5.41) is 10.0. The van der Waals surface area contributed by atoms with Crippen LogP contribution in [0.3, 0.4) is 0 Å². The van der Waals surface area contributed by atoms with Crippen LogP contribution in [0.1, 0.15) is 48.5 Å². The molecule has 2 aliphatic heterocycles. The molecule has 2 aromatic rings. The first-order valence-electron chi connectivity index (χ1n) is 9.88. The first kappa shape index (κ1) is 18.1. The van der Waals surface area contributed by atoms with Gasteiger partial charge in [0.05, 0.1) is 12.2 Å². The molecule has 0 spiro atoms. The maximum Gasteiger partial charge on any atom is 0.258 e. The predicted molar refractivity (Wildman–Crippen MR) is 105 cm³/mol. The van der Waals surface area contributed by atoms with Gasteiger partial charge in [0.2, 0.25) is 0 Å². The number of aliphatic hydroxyl groups excluding tert-OH is 1. The number of nitrogens with zero attached hydrogens (tertiary/aromatic N) is 1. The van der Waals surface area contributed by atoms with Crippen molar-refractivity contribution in [3.8, 4) is 5.75 Å². The molecule has 0 saturated carbocycles. The second-order valence-corrected chi connectivity index (χ2v) is 7.81. The fourth-order valence-electron chi connectivity index (χ4n) is 4.90. The summed E-state index contributed by atoms with van der Waals surface area (Å²) in [6, 6.07) is 17.9. The van der Waals surface area contributed by atoms with E-state index in [4.69, 9.17) is 4.74 Å². The van der Waals surface area contributed by atoms with E-state index in [0.717, 1.165) is 31.2 Å². The Morgan fingerprint density at radius 1 is 1.15 bits per heavy atom. The monoisotopic (exact) mass is 365 g/mol. The highest BCUT2D eigenvalue weighted by Crippen LogP contribution is 2.52. The van der Waals surface area contributed by atoms with Crippen LogP contribution in [0.15, 0.2) is 54.6 Å². The summed E-state index contributed by atoms with van der Waals surface area (Å²) in [7, 11) is 0. The molecule has 3 atom stereocenters. The zero-order chi connectivity index (χ0) is 18.9. The van der Waals surface area contributed by atoms with E-state index < -0.39 is 0 Å². The van der Waals surface area contributed by atoms with Crippen molar-refractivity contribution in [1.82, 2.24) is 4.90 Å². The van der Waals surface area contributed by atoms with Crippen LogP contribution in [0.4, 0.5) is 0 Å². The average Bonchev–Trinajstić information content (AvgIpc) is 3.29. The minimum Gasteiger partial charge on any atom is -0.488 e. The minimum absolute atomic E-state index is 0.0370. The summed E-state index contributed by atoms with van der Waals surface area (Å²) in [6.07, 6.45) is 3.83. The molecule has 4 heteroatoms. The van der Waals surface area contributed by atoms with Crippen LogP contribution in [0.5, 0.6) is 5.75 Å². The molecule has 2 bridgehead atoms. The van der Waals surface area contributed by atoms with Crippen LogP contribution in [0, 0.1) is 5.41 Å². The summed E-state index contributed by atoms with van der Waals surface area (Å²) in [4.78, 5) is 15.5. The van der Waals surface area contributed by atoms with Gasteiger partial charge in [-0.2, -0.15) is 0 Å². The van der Waals surface area contributed by atoms with Gasteiger partial charge in [-0.1, -0.05) is 49.4 Å². The lowest BCUT2D eigenvalue weighted by Gasteiger charge is -2.34. The van der Waals surface area contributed by atoms with Gasteiger partial charge >= 0.3 is 0 Å². The fourth-order valence-corrected chi connectivity index (χ4v) is 4.90. The van der Waals surface area contributed by atoms with Crippen LogP contribution in [0.2, 0.25) is 0 Å². The molecule has 2 aromatic carbocycles. The Bertz CT molecular complexity index is 800. The molecule has 4 nitrogen and oxygen atoms in total. The molecule has 2 saturated heterocycles. The molecule has 0 radical (unpaired) electrons. The van der Waals surface area contributed by atoms with E-state index in [9.17, 15) is 9.90 Å². The summed E-state index contributed by atoms with van der Waals surface area (Å²) in [5.41, 5.74) is 1.56. The molecule has 27 heavy (non-hydrogen) atoms. The normalized spacial score (nSPS) is 26.4. The zero-order valence-electron chi connectivity index (χ0n) is 15.8. The molecule has 2 fully saturated rings. The maximum absolute atomic E-state index is 13.4.